The molecular weight excluding hydrogens is 480 g/mol. The van der Waals surface area contributed by atoms with E-state index in [0.29, 0.717) is 24.1 Å². The highest BCUT2D eigenvalue weighted by molar-refractivity contribution is 5.79. The fourth-order valence-electron chi connectivity index (χ4n) is 3.74. The first kappa shape index (κ1) is 30.2. The van der Waals surface area contributed by atoms with Crippen molar-refractivity contribution in [2.24, 2.45) is 0 Å². The molecule has 0 aromatic heterocycles. The van der Waals surface area contributed by atoms with E-state index in [-0.39, 0.29) is 35.9 Å². The van der Waals surface area contributed by atoms with Crippen LogP contribution < -0.4 is 15.4 Å². The number of rotatable bonds is 13. The molecular formula is C31H38N2O5. The van der Waals surface area contributed by atoms with Gasteiger partial charge < -0.3 is 30.7 Å². The van der Waals surface area contributed by atoms with Crippen molar-refractivity contribution in [2.75, 3.05) is 13.7 Å². The van der Waals surface area contributed by atoms with E-state index in [9.17, 15) is 20.1 Å². The predicted octanol–water partition coefficient (Wildman–Crippen LogP) is 4.97. The summed E-state index contributed by atoms with van der Waals surface area (Å²) in [4.78, 5) is 12.5. The van der Waals surface area contributed by atoms with E-state index in [0.717, 1.165) is 16.9 Å². The average molecular weight is 519 g/mol. The molecule has 38 heavy (non-hydrogen) atoms. The molecule has 1 amide bonds. The number of carbonyl (C=O) groups is 1. The molecule has 1 atom stereocenters. The van der Waals surface area contributed by atoms with Gasteiger partial charge in [0.1, 0.15) is 17.2 Å². The molecule has 0 aliphatic rings. The molecule has 0 bridgehead atoms. The van der Waals surface area contributed by atoms with Crippen molar-refractivity contribution >= 4 is 5.91 Å². The highest BCUT2D eigenvalue weighted by Gasteiger charge is 2.20. The number of amides is 1. The maximum Gasteiger partial charge on any atom is 0.225 e. The van der Waals surface area contributed by atoms with Crippen LogP contribution in [-0.2, 0) is 11.3 Å². The lowest BCUT2D eigenvalue weighted by molar-refractivity contribution is -0.120. The largest absolute Gasteiger partial charge is 0.508 e. The second-order valence-corrected chi connectivity index (χ2v) is 9.57. The summed E-state index contributed by atoms with van der Waals surface area (Å²) in [5, 5.41) is 36.1. The third-order valence-corrected chi connectivity index (χ3v) is 5.82. The molecule has 0 spiro atoms. The number of phenolic OH excluding ortho intramolecular Hbond substituents is 2. The topological polar surface area (TPSA) is 111 Å². The number of aliphatic hydroxyl groups is 1. The number of methoxy groups -OCH3 is 1. The van der Waals surface area contributed by atoms with Gasteiger partial charge in [-0.25, -0.2) is 0 Å². The third kappa shape index (κ3) is 10.6. The molecule has 0 saturated carbocycles. The molecule has 7 heteroatoms. The van der Waals surface area contributed by atoms with E-state index in [1.54, 1.807) is 13.2 Å². The van der Waals surface area contributed by atoms with Crippen LogP contribution in [0, 0.1) is 0 Å². The molecule has 0 aliphatic carbocycles. The number of hydrogen-bond acceptors (Lipinski definition) is 6. The minimum absolute atomic E-state index is 0.106. The first-order valence-corrected chi connectivity index (χ1v) is 12.4. The van der Waals surface area contributed by atoms with Crippen LogP contribution in [0.4, 0.5) is 0 Å². The monoisotopic (exact) mass is 518 g/mol. The molecule has 202 valence electrons. The van der Waals surface area contributed by atoms with Crippen molar-refractivity contribution in [1.29, 1.82) is 0 Å². The summed E-state index contributed by atoms with van der Waals surface area (Å²) in [5.74, 6) is 0.410. The molecule has 0 unspecified atom stereocenters. The maximum absolute atomic E-state index is 12.5. The smallest absolute Gasteiger partial charge is 0.225 e. The van der Waals surface area contributed by atoms with E-state index < -0.39 is 6.10 Å². The highest BCUT2D eigenvalue weighted by Crippen LogP contribution is 2.25. The molecule has 0 saturated heterocycles. The van der Waals surface area contributed by atoms with Crippen LogP contribution in [0.25, 0.3) is 0 Å². The van der Waals surface area contributed by atoms with Gasteiger partial charge in [0.15, 0.2) is 0 Å². The van der Waals surface area contributed by atoms with E-state index in [2.05, 4.69) is 28.7 Å². The van der Waals surface area contributed by atoms with Gasteiger partial charge in [0, 0.05) is 30.3 Å². The van der Waals surface area contributed by atoms with Gasteiger partial charge in [-0.1, -0.05) is 24.8 Å². The second-order valence-electron chi connectivity index (χ2n) is 9.57. The highest BCUT2D eigenvalue weighted by atomic mass is 16.5. The Balaban J connectivity index is 1.99. The van der Waals surface area contributed by atoms with Gasteiger partial charge in [-0.15, -0.1) is 11.5 Å². The number of aromatic hydroxyl groups is 2. The lowest BCUT2D eigenvalue weighted by Crippen LogP contribution is -2.41. The summed E-state index contributed by atoms with van der Waals surface area (Å²) >= 11 is 0. The number of carbonyl (C=O) groups excluding carboxylic acids is 1. The first-order chi connectivity index (χ1) is 18.0. The first-order valence-electron chi connectivity index (χ1n) is 12.4. The zero-order valence-electron chi connectivity index (χ0n) is 22.5. The lowest BCUT2D eigenvalue weighted by Gasteiger charge is -2.28. The SMILES string of the molecule is C=C=CC(=C=C/C(=C\C)CC(C)(C)NC[C@H](O)c1cc(O)cc(O)c1)CC(=O)NCc1ccc(OC)cc1. The van der Waals surface area contributed by atoms with Gasteiger partial charge >= 0.3 is 0 Å². The number of benzene rings is 2. The van der Waals surface area contributed by atoms with Gasteiger partial charge in [-0.3, -0.25) is 4.79 Å². The Hall–Kier alpha value is -3.99. The van der Waals surface area contributed by atoms with Crippen molar-refractivity contribution in [3.05, 3.63) is 101 Å². The molecule has 2 aromatic carbocycles. The van der Waals surface area contributed by atoms with Crippen molar-refractivity contribution in [3.63, 3.8) is 0 Å². The quantitative estimate of drug-likeness (QED) is 0.189. The maximum atomic E-state index is 12.5. The lowest BCUT2D eigenvalue weighted by atomic mass is 9.93. The van der Waals surface area contributed by atoms with Crippen LogP contribution >= 0.6 is 0 Å². The van der Waals surface area contributed by atoms with E-state index in [4.69, 9.17) is 4.74 Å². The zero-order valence-corrected chi connectivity index (χ0v) is 22.5. The Morgan fingerprint density at radius 1 is 1.13 bits per heavy atom. The van der Waals surface area contributed by atoms with Crippen LogP contribution in [0.1, 0.15) is 50.8 Å². The fraction of sp³-hybridized carbons (Fsp3) is 0.323. The second kappa shape index (κ2) is 14.7. The summed E-state index contributed by atoms with van der Waals surface area (Å²) in [6.45, 7) is 10.2. The summed E-state index contributed by atoms with van der Waals surface area (Å²) in [6, 6.07) is 11.6. The number of β-amino-alcohol motifs (C(OH)–C–C–N with tert-alkyl or cyclic N) is 1. The molecule has 5 N–H and O–H groups in total. The van der Waals surface area contributed by atoms with Crippen LogP contribution in [0.2, 0.25) is 0 Å². The summed E-state index contributed by atoms with van der Waals surface area (Å²) in [7, 11) is 1.61. The van der Waals surface area contributed by atoms with Crippen molar-refractivity contribution in [3.8, 4) is 17.2 Å². The number of phenols is 2. The van der Waals surface area contributed by atoms with Gasteiger partial charge in [-0.05, 0) is 80.3 Å². The van der Waals surface area contributed by atoms with E-state index in [1.807, 2.05) is 57.2 Å². The van der Waals surface area contributed by atoms with Gasteiger partial charge in [0.05, 0.1) is 19.6 Å². The Bertz CT molecular complexity index is 1210. The predicted molar refractivity (Wildman–Crippen MR) is 150 cm³/mol. The van der Waals surface area contributed by atoms with Crippen LogP contribution in [0.5, 0.6) is 17.2 Å². The van der Waals surface area contributed by atoms with Gasteiger partial charge in [-0.2, -0.15) is 0 Å². The Morgan fingerprint density at radius 2 is 1.79 bits per heavy atom. The normalized spacial score (nSPS) is 12.1. The number of hydrogen-bond donors (Lipinski definition) is 5. The molecule has 0 radical (unpaired) electrons. The summed E-state index contributed by atoms with van der Waals surface area (Å²) < 4.78 is 5.15. The van der Waals surface area contributed by atoms with Crippen LogP contribution in [0.15, 0.2) is 89.9 Å². The third-order valence-electron chi connectivity index (χ3n) is 5.82. The molecule has 7 nitrogen and oxygen atoms in total. The molecule has 0 aliphatic heterocycles. The standard InChI is InChI=1S/C31H38N2O5/c1-6-8-23(15-30(37)32-20-24-11-13-28(38-5)14-12-24)10-9-22(7-2)19-31(3,4)33-21-29(36)25-16-26(34)18-27(35)17-25/h7-9,11-14,16-18,29,33-36H,1,15,19-21H2,2-5H3,(H,32,37)/b22-7+/t10?,29-/m0/s1. The number of aliphatic hydroxyl groups excluding tert-OH is 1. The van der Waals surface area contributed by atoms with Crippen molar-refractivity contribution in [2.45, 2.75) is 51.8 Å². The van der Waals surface area contributed by atoms with Crippen LogP contribution in [0.3, 0.4) is 0 Å². The fourth-order valence-corrected chi connectivity index (χ4v) is 3.74. The zero-order chi connectivity index (χ0) is 28.1. The van der Waals surface area contributed by atoms with E-state index >= 15 is 0 Å². The van der Waals surface area contributed by atoms with Gasteiger partial charge in [0.25, 0.3) is 0 Å². The van der Waals surface area contributed by atoms with Crippen molar-refractivity contribution < 1.29 is 24.9 Å². The van der Waals surface area contributed by atoms with Crippen LogP contribution in [-0.4, -0.2) is 40.4 Å². The minimum atomic E-state index is -0.905. The summed E-state index contributed by atoms with van der Waals surface area (Å²) in [6.07, 6.45) is 5.31. The average Bonchev–Trinajstić information content (AvgIpc) is 2.88. The Labute approximate surface area is 225 Å². The number of nitrogens with one attached hydrogen (secondary N) is 2. The Kier molecular flexibility index (Phi) is 11.7. The number of ether oxygens (including phenoxy) is 1. The minimum Gasteiger partial charge on any atom is -0.508 e. The Morgan fingerprint density at radius 3 is 2.37 bits per heavy atom. The molecule has 0 heterocycles. The van der Waals surface area contributed by atoms with E-state index in [1.165, 1.54) is 18.2 Å². The number of allylic oxidation sites excluding steroid dienone is 2. The van der Waals surface area contributed by atoms with Gasteiger partial charge in [0.2, 0.25) is 5.91 Å². The molecule has 2 rings (SSSR count). The molecule has 0 fully saturated rings. The van der Waals surface area contributed by atoms with Crippen molar-refractivity contribution in [1.82, 2.24) is 10.6 Å². The molecule has 2 aromatic rings. The summed E-state index contributed by atoms with van der Waals surface area (Å²) in [5.41, 5.74) is 8.56.